The van der Waals surface area contributed by atoms with Gasteiger partial charge in [-0.1, -0.05) is 43.5 Å². The third-order valence-electron chi connectivity index (χ3n) is 9.33. The number of aromatic nitrogens is 1. The number of carbonyl (C=O) groups is 2. The maximum absolute atomic E-state index is 13.6. The average molecular weight is 460 g/mol. The molecule has 4 nitrogen and oxygen atoms in total. The van der Waals surface area contributed by atoms with Crippen LogP contribution in [-0.4, -0.2) is 22.8 Å². The van der Waals surface area contributed by atoms with E-state index in [9.17, 15) is 14.0 Å². The van der Waals surface area contributed by atoms with Crippen molar-refractivity contribution in [2.24, 2.45) is 28.6 Å². The third kappa shape index (κ3) is 3.05. The summed E-state index contributed by atoms with van der Waals surface area (Å²) in [6.07, 6.45) is 12.0. The fraction of sp³-hybridized carbons (Fsp3) is 0.483. The first kappa shape index (κ1) is 21.7. The van der Waals surface area contributed by atoms with Gasteiger partial charge in [0, 0.05) is 30.0 Å². The van der Waals surface area contributed by atoms with Gasteiger partial charge in [0.1, 0.15) is 17.7 Å². The topological polar surface area (TPSA) is 56.3 Å². The highest BCUT2D eigenvalue weighted by Crippen LogP contribution is 2.72. The number of pyridine rings is 1. The first-order chi connectivity index (χ1) is 16.4. The van der Waals surface area contributed by atoms with E-state index in [0.29, 0.717) is 24.7 Å². The summed E-state index contributed by atoms with van der Waals surface area (Å²) in [4.78, 5) is 30.7. The van der Waals surface area contributed by atoms with Crippen molar-refractivity contribution in [1.82, 2.24) is 4.98 Å². The van der Waals surface area contributed by atoms with Crippen LogP contribution in [0.25, 0.3) is 17.2 Å². The van der Waals surface area contributed by atoms with E-state index in [2.05, 4.69) is 17.1 Å². The van der Waals surface area contributed by atoms with Crippen LogP contribution in [0.1, 0.15) is 57.6 Å². The fourth-order valence-corrected chi connectivity index (χ4v) is 7.94. The van der Waals surface area contributed by atoms with Gasteiger partial charge in [-0.15, -0.1) is 0 Å². The molecule has 0 spiro atoms. The Balaban J connectivity index is 1.36. The van der Waals surface area contributed by atoms with Gasteiger partial charge in [0.05, 0.1) is 11.1 Å². The fourth-order valence-electron chi connectivity index (χ4n) is 7.94. The van der Waals surface area contributed by atoms with E-state index in [1.165, 1.54) is 25.0 Å². The zero-order valence-corrected chi connectivity index (χ0v) is 19.5. The Hall–Kier alpha value is -2.82. The van der Waals surface area contributed by atoms with E-state index in [1.807, 2.05) is 25.1 Å². The van der Waals surface area contributed by atoms with Crippen LogP contribution in [0, 0.1) is 34.4 Å². The molecule has 4 fully saturated rings. The second kappa shape index (κ2) is 7.86. The van der Waals surface area contributed by atoms with Crippen molar-refractivity contribution in [1.29, 1.82) is 0 Å². The van der Waals surface area contributed by atoms with Gasteiger partial charge in [0.2, 0.25) is 0 Å². The zero-order chi connectivity index (χ0) is 23.5. The van der Waals surface area contributed by atoms with E-state index in [0.717, 1.165) is 36.1 Å². The molecule has 6 atom stereocenters. The maximum atomic E-state index is 13.6. The minimum absolute atomic E-state index is 0.115. The number of fused-ring (bicyclic) bond motifs is 1. The van der Waals surface area contributed by atoms with Crippen molar-refractivity contribution in [2.75, 3.05) is 0 Å². The number of Topliss-reactive ketones (excluding diaryl/α,β-unsaturated/α-hetero) is 1. The van der Waals surface area contributed by atoms with Crippen LogP contribution in [-0.2, 0) is 14.3 Å². The Kier molecular flexibility index (Phi) is 5.02. The van der Waals surface area contributed by atoms with Gasteiger partial charge >= 0.3 is 5.97 Å². The number of hydrogen-bond acceptors (Lipinski definition) is 4. The number of ketones is 1. The number of benzene rings is 1. The summed E-state index contributed by atoms with van der Waals surface area (Å²) in [5.74, 6) is 0.835. The Morgan fingerprint density at radius 3 is 2.74 bits per heavy atom. The normalized spacial score (nSPS) is 36.8. The first-order valence-corrected chi connectivity index (χ1v) is 12.6. The largest absolute Gasteiger partial charge is 0.462 e. The van der Waals surface area contributed by atoms with Crippen molar-refractivity contribution in [2.45, 2.75) is 58.0 Å². The summed E-state index contributed by atoms with van der Waals surface area (Å²) in [6, 6.07) is 10.4. The van der Waals surface area contributed by atoms with Crippen molar-refractivity contribution in [3.05, 3.63) is 60.2 Å². The summed E-state index contributed by atoms with van der Waals surface area (Å²) in [7, 11) is 0. The lowest BCUT2D eigenvalue weighted by Gasteiger charge is -2.55. The van der Waals surface area contributed by atoms with Gasteiger partial charge in [-0.05, 0) is 67.4 Å². The molecule has 6 rings (SSSR count). The van der Waals surface area contributed by atoms with Crippen LogP contribution >= 0.6 is 0 Å². The number of halogens is 1. The lowest BCUT2D eigenvalue weighted by atomic mass is 9.45. The number of hydrogen-bond donors (Lipinski definition) is 0. The SMILES string of the molecule is C[C@H]1OC(=O)[C@@]23CC(=O)C[C@@]12[C@@H](/C=C/c1ccc(-c2cccc(F)c2)cn1)[C@@H]1CCCC[C@H]1C3. The Morgan fingerprint density at radius 1 is 1.09 bits per heavy atom. The van der Waals surface area contributed by atoms with Crippen molar-refractivity contribution >= 4 is 17.8 Å². The highest BCUT2D eigenvalue weighted by Gasteiger charge is 2.76. The third-order valence-corrected chi connectivity index (χ3v) is 9.33. The number of esters is 1. The summed E-state index contributed by atoms with van der Waals surface area (Å²) in [5, 5.41) is 0. The molecule has 1 aromatic heterocycles. The molecular weight excluding hydrogens is 429 g/mol. The predicted octanol–water partition coefficient (Wildman–Crippen LogP) is 6.01. The van der Waals surface area contributed by atoms with E-state index < -0.39 is 10.8 Å². The molecule has 1 aromatic carbocycles. The second-order valence-electron chi connectivity index (χ2n) is 10.8. The van der Waals surface area contributed by atoms with E-state index in [4.69, 9.17) is 4.74 Å². The van der Waals surface area contributed by atoms with Crippen LogP contribution in [0.4, 0.5) is 4.39 Å². The molecule has 0 radical (unpaired) electrons. The second-order valence-corrected chi connectivity index (χ2v) is 10.8. The van der Waals surface area contributed by atoms with Crippen molar-refractivity contribution in [3.63, 3.8) is 0 Å². The minimum Gasteiger partial charge on any atom is -0.462 e. The van der Waals surface area contributed by atoms with Crippen LogP contribution in [0.2, 0.25) is 0 Å². The van der Waals surface area contributed by atoms with E-state index in [1.54, 1.807) is 12.3 Å². The molecule has 0 unspecified atom stereocenters. The summed E-state index contributed by atoms with van der Waals surface area (Å²) in [6.45, 7) is 1.99. The number of allylic oxidation sites excluding steroid dienone is 1. The quantitative estimate of drug-likeness (QED) is 0.528. The Bertz CT molecular complexity index is 1170. The molecule has 0 bridgehead atoms. The number of carbonyl (C=O) groups excluding carboxylic acids is 2. The minimum atomic E-state index is -0.661. The first-order valence-electron chi connectivity index (χ1n) is 12.6. The molecule has 4 aliphatic rings. The van der Waals surface area contributed by atoms with Crippen molar-refractivity contribution < 1.29 is 18.7 Å². The highest BCUT2D eigenvalue weighted by molar-refractivity contribution is 5.95. The Morgan fingerprint density at radius 2 is 1.94 bits per heavy atom. The molecule has 1 aliphatic heterocycles. The number of rotatable bonds is 3. The van der Waals surface area contributed by atoms with Crippen LogP contribution in [0.15, 0.2) is 48.7 Å². The van der Waals surface area contributed by atoms with Crippen molar-refractivity contribution in [3.8, 4) is 11.1 Å². The predicted molar refractivity (Wildman–Crippen MR) is 127 cm³/mol. The van der Waals surface area contributed by atoms with Gasteiger partial charge < -0.3 is 4.74 Å². The van der Waals surface area contributed by atoms with Crippen LogP contribution in [0.5, 0.6) is 0 Å². The molecule has 0 amide bonds. The maximum Gasteiger partial charge on any atom is 0.313 e. The molecule has 2 heterocycles. The van der Waals surface area contributed by atoms with Gasteiger partial charge in [-0.3, -0.25) is 14.6 Å². The lowest BCUT2D eigenvalue weighted by Crippen LogP contribution is -2.55. The number of nitrogens with zero attached hydrogens (tertiary/aromatic N) is 1. The lowest BCUT2D eigenvalue weighted by molar-refractivity contribution is -0.152. The summed E-state index contributed by atoms with van der Waals surface area (Å²) >= 11 is 0. The standard InChI is InChI=1S/C29H30FNO3/c1-18-29-16-24(32)15-28(29,27(33)34-18)14-20-5-2-3-8-25(20)26(29)12-11-23-10-9-21(17-31-23)19-6-4-7-22(30)13-19/h4,6-7,9-13,17-18,20,25-26H,2-3,5,8,14-16H2,1H3/b12-11+/t18-,20+,25-,26+,28-,29+/m1/s1. The van der Waals surface area contributed by atoms with Gasteiger partial charge in [-0.2, -0.15) is 0 Å². The number of cyclic esters (lactones) is 1. The molecule has 2 aromatic rings. The smallest absolute Gasteiger partial charge is 0.313 e. The summed E-state index contributed by atoms with van der Waals surface area (Å²) in [5.41, 5.74) is 1.37. The van der Waals surface area contributed by atoms with Gasteiger partial charge in [0.25, 0.3) is 0 Å². The zero-order valence-electron chi connectivity index (χ0n) is 19.5. The van der Waals surface area contributed by atoms with Crippen LogP contribution in [0.3, 0.4) is 0 Å². The molecule has 176 valence electrons. The molecule has 0 N–H and O–H groups in total. The molecular formula is C29H30FNO3. The number of ether oxygens (including phenoxy) is 1. The average Bonchev–Trinajstić information content (AvgIpc) is 3.25. The van der Waals surface area contributed by atoms with E-state index >= 15 is 0 Å². The summed E-state index contributed by atoms with van der Waals surface area (Å²) < 4.78 is 19.5. The Labute approximate surface area is 199 Å². The molecule has 3 saturated carbocycles. The highest BCUT2D eigenvalue weighted by atomic mass is 19.1. The van der Waals surface area contributed by atoms with Crippen LogP contribution < -0.4 is 0 Å². The monoisotopic (exact) mass is 459 g/mol. The molecule has 3 aliphatic carbocycles. The van der Waals surface area contributed by atoms with E-state index in [-0.39, 0.29) is 29.6 Å². The molecule has 5 heteroatoms. The molecule has 34 heavy (non-hydrogen) atoms. The van der Waals surface area contributed by atoms with Gasteiger partial charge in [0.15, 0.2) is 0 Å². The molecule has 1 saturated heterocycles. The van der Waals surface area contributed by atoms with Gasteiger partial charge in [-0.25, -0.2) is 4.39 Å².